The molecular formula is C12H18N2O. The minimum atomic E-state index is -0.148. The third-order valence-corrected chi connectivity index (χ3v) is 3.82. The van der Waals surface area contributed by atoms with Gasteiger partial charge in [0.25, 0.3) is 0 Å². The van der Waals surface area contributed by atoms with Crippen molar-refractivity contribution >= 4 is 0 Å². The minimum absolute atomic E-state index is 0.148. The molecule has 1 N–H and O–H groups in total. The number of nitrogens with zero attached hydrogens (tertiary/aromatic N) is 2. The summed E-state index contributed by atoms with van der Waals surface area (Å²) < 4.78 is 2.35. The van der Waals surface area contributed by atoms with Crippen molar-refractivity contribution < 1.29 is 5.11 Å². The molecule has 3 heteroatoms. The van der Waals surface area contributed by atoms with Crippen LogP contribution in [0.2, 0.25) is 0 Å². The van der Waals surface area contributed by atoms with Crippen molar-refractivity contribution in [2.75, 3.05) is 0 Å². The first-order valence-corrected chi connectivity index (χ1v) is 6.07. The van der Waals surface area contributed by atoms with Crippen molar-refractivity contribution in [1.29, 1.82) is 0 Å². The van der Waals surface area contributed by atoms with Gasteiger partial charge in [-0.3, -0.25) is 0 Å². The number of aromatic nitrogens is 2. The lowest BCUT2D eigenvalue weighted by atomic mass is 10.0. The van der Waals surface area contributed by atoms with Crippen LogP contribution in [0, 0.1) is 0 Å². The summed E-state index contributed by atoms with van der Waals surface area (Å²) in [6.45, 7) is 0.961. The van der Waals surface area contributed by atoms with Gasteiger partial charge in [0.05, 0.1) is 6.10 Å². The summed E-state index contributed by atoms with van der Waals surface area (Å²) in [5.74, 6) is 1.98. The predicted octanol–water partition coefficient (Wildman–Crippen LogP) is 1.85. The maximum atomic E-state index is 9.59. The van der Waals surface area contributed by atoms with E-state index < -0.39 is 0 Å². The topological polar surface area (TPSA) is 38.0 Å². The van der Waals surface area contributed by atoms with Gasteiger partial charge >= 0.3 is 0 Å². The zero-order valence-electron chi connectivity index (χ0n) is 9.02. The first kappa shape index (κ1) is 9.40. The largest absolute Gasteiger partial charge is 0.393 e. The van der Waals surface area contributed by atoms with E-state index in [1.165, 1.54) is 37.2 Å². The van der Waals surface area contributed by atoms with Crippen LogP contribution in [0.15, 0.2) is 6.20 Å². The molecule has 1 atom stereocenters. The van der Waals surface area contributed by atoms with Crippen LogP contribution < -0.4 is 0 Å². The van der Waals surface area contributed by atoms with E-state index in [-0.39, 0.29) is 6.10 Å². The van der Waals surface area contributed by atoms with E-state index in [2.05, 4.69) is 9.55 Å². The number of aliphatic hydroxyl groups excluding tert-OH is 1. The number of aliphatic hydroxyl groups is 1. The highest BCUT2D eigenvalue weighted by Gasteiger charge is 2.26. The van der Waals surface area contributed by atoms with E-state index in [0.717, 1.165) is 19.4 Å². The molecule has 1 saturated carbocycles. The molecule has 2 aliphatic rings. The molecule has 1 unspecified atom stereocenters. The van der Waals surface area contributed by atoms with Crippen LogP contribution in [0.25, 0.3) is 0 Å². The molecule has 0 spiro atoms. The Bertz CT molecular complexity index is 353. The highest BCUT2D eigenvalue weighted by atomic mass is 16.3. The molecule has 3 rings (SSSR count). The molecule has 0 saturated heterocycles. The Morgan fingerprint density at radius 3 is 2.87 bits per heavy atom. The average Bonchev–Trinajstić information content (AvgIpc) is 2.82. The Morgan fingerprint density at radius 1 is 1.27 bits per heavy atom. The van der Waals surface area contributed by atoms with Crippen molar-refractivity contribution in [3.05, 3.63) is 17.7 Å². The van der Waals surface area contributed by atoms with E-state index in [1.54, 1.807) is 0 Å². The summed E-state index contributed by atoms with van der Waals surface area (Å²) in [5, 5.41) is 9.59. The zero-order valence-corrected chi connectivity index (χ0v) is 9.02. The second kappa shape index (κ2) is 3.63. The Balaban J connectivity index is 1.90. The smallest absolute Gasteiger partial charge is 0.111 e. The molecule has 82 valence electrons. The first-order valence-electron chi connectivity index (χ1n) is 6.07. The van der Waals surface area contributed by atoms with Crippen LogP contribution in [-0.2, 0) is 13.0 Å². The summed E-state index contributed by atoms with van der Waals surface area (Å²) in [7, 11) is 0. The third-order valence-electron chi connectivity index (χ3n) is 3.82. The van der Waals surface area contributed by atoms with Gasteiger partial charge in [-0.25, -0.2) is 4.98 Å². The maximum absolute atomic E-state index is 9.59. The Labute approximate surface area is 90.1 Å². The lowest BCUT2D eigenvalue weighted by molar-refractivity contribution is 0.142. The molecule has 0 aromatic carbocycles. The van der Waals surface area contributed by atoms with Gasteiger partial charge in [0, 0.05) is 30.8 Å². The van der Waals surface area contributed by atoms with Gasteiger partial charge in [-0.1, -0.05) is 12.8 Å². The van der Waals surface area contributed by atoms with Crippen LogP contribution in [0.1, 0.15) is 49.5 Å². The van der Waals surface area contributed by atoms with Crippen LogP contribution in [0.4, 0.5) is 0 Å². The van der Waals surface area contributed by atoms with Gasteiger partial charge in [-0.05, 0) is 19.3 Å². The first-order chi connectivity index (χ1) is 7.34. The predicted molar refractivity (Wildman–Crippen MR) is 57.8 cm³/mol. The fourth-order valence-corrected chi connectivity index (χ4v) is 2.98. The average molecular weight is 206 g/mol. The molecule has 1 aromatic rings. The fourth-order valence-electron chi connectivity index (χ4n) is 2.98. The molecule has 0 radical (unpaired) electrons. The monoisotopic (exact) mass is 206 g/mol. The molecule has 1 aromatic heterocycles. The number of fused-ring (bicyclic) bond motifs is 1. The van der Waals surface area contributed by atoms with Crippen LogP contribution in [0.3, 0.4) is 0 Å². The maximum Gasteiger partial charge on any atom is 0.111 e. The van der Waals surface area contributed by atoms with Crippen molar-refractivity contribution in [1.82, 2.24) is 9.55 Å². The Kier molecular flexibility index (Phi) is 2.28. The van der Waals surface area contributed by atoms with E-state index in [0.29, 0.717) is 5.92 Å². The summed E-state index contributed by atoms with van der Waals surface area (Å²) >= 11 is 0. The molecule has 1 fully saturated rings. The van der Waals surface area contributed by atoms with Crippen LogP contribution in [-0.4, -0.2) is 20.8 Å². The standard InChI is InChI=1S/C12H18N2O/c15-11-5-6-14-10(7-11)8-13-12(14)9-3-1-2-4-9/h8-9,11,15H,1-7H2. The number of hydrogen-bond donors (Lipinski definition) is 1. The lowest BCUT2D eigenvalue weighted by Gasteiger charge is -2.22. The molecule has 1 aliphatic heterocycles. The number of imidazole rings is 1. The lowest BCUT2D eigenvalue weighted by Crippen LogP contribution is -2.24. The van der Waals surface area contributed by atoms with Gasteiger partial charge < -0.3 is 9.67 Å². The molecule has 3 nitrogen and oxygen atoms in total. The number of rotatable bonds is 1. The highest BCUT2D eigenvalue weighted by Crippen LogP contribution is 2.34. The second-order valence-corrected chi connectivity index (χ2v) is 4.89. The molecule has 0 amide bonds. The summed E-state index contributed by atoms with van der Waals surface area (Å²) in [6.07, 6.45) is 8.83. The third kappa shape index (κ3) is 1.59. The van der Waals surface area contributed by atoms with E-state index in [4.69, 9.17) is 0 Å². The Morgan fingerprint density at radius 2 is 2.07 bits per heavy atom. The molecule has 2 heterocycles. The van der Waals surface area contributed by atoms with Gasteiger partial charge in [-0.2, -0.15) is 0 Å². The normalized spacial score (nSPS) is 26.9. The van der Waals surface area contributed by atoms with Crippen LogP contribution >= 0.6 is 0 Å². The van der Waals surface area contributed by atoms with E-state index >= 15 is 0 Å². The van der Waals surface area contributed by atoms with Crippen LogP contribution in [0.5, 0.6) is 0 Å². The van der Waals surface area contributed by atoms with Crippen molar-refractivity contribution in [2.45, 2.75) is 57.1 Å². The van der Waals surface area contributed by atoms with Crippen molar-refractivity contribution in [3.63, 3.8) is 0 Å². The second-order valence-electron chi connectivity index (χ2n) is 4.89. The Hall–Kier alpha value is -0.830. The van der Waals surface area contributed by atoms with Crippen molar-refractivity contribution in [3.8, 4) is 0 Å². The van der Waals surface area contributed by atoms with Gasteiger partial charge in [0.2, 0.25) is 0 Å². The summed E-state index contributed by atoms with van der Waals surface area (Å²) in [4.78, 5) is 4.57. The fraction of sp³-hybridized carbons (Fsp3) is 0.750. The zero-order chi connectivity index (χ0) is 10.3. The summed E-state index contributed by atoms with van der Waals surface area (Å²) in [6, 6.07) is 0. The summed E-state index contributed by atoms with van der Waals surface area (Å²) in [5.41, 5.74) is 1.23. The van der Waals surface area contributed by atoms with E-state index in [1.807, 2.05) is 6.20 Å². The van der Waals surface area contributed by atoms with Crippen molar-refractivity contribution in [2.24, 2.45) is 0 Å². The SMILES string of the molecule is OC1CCn2c(cnc2C2CCCC2)C1. The minimum Gasteiger partial charge on any atom is -0.393 e. The highest BCUT2D eigenvalue weighted by molar-refractivity contribution is 5.13. The van der Waals surface area contributed by atoms with Gasteiger partial charge in [0.1, 0.15) is 5.82 Å². The molecule has 1 aliphatic carbocycles. The van der Waals surface area contributed by atoms with Gasteiger partial charge in [0.15, 0.2) is 0 Å². The molecule has 0 bridgehead atoms. The van der Waals surface area contributed by atoms with E-state index in [9.17, 15) is 5.11 Å². The molecular weight excluding hydrogens is 188 g/mol. The van der Waals surface area contributed by atoms with Gasteiger partial charge in [-0.15, -0.1) is 0 Å². The quantitative estimate of drug-likeness (QED) is 0.761. The number of hydrogen-bond acceptors (Lipinski definition) is 2. The molecule has 15 heavy (non-hydrogen) atoms.